The van der Waals surface area contributed by atoms with Gasteiger partial charge < -0.3 is 20.7 Å². The Hall–Kier alpha value is -1.33. The molecule has 1 atom stereocenters. The number of hydrogen-bond donors (Lipinski definition) is 3. The first-order valence-corrected chi connectivity index (χ1v) is 4.11. The van der Waals surface area contributed by atoms with Crippen LogP contribution in [-0.2, 0) is 0 Å². The number of ether oxygens (including phenoxy) is 1. The number of rotatable bonds is 4. The fourth-order valence-corrected chi connectivity index (χ4v) is 0.910. The number of aliphatic hydroxyl groups is 2. The number of para-hydroxylation sites is 1. The van der Waals surface area contributed by atoms with Crippen LogP contribution >= 0.6 is 0 Å². The molecule has 4 N–H and O–H groups in total. The normalized spacial score (nSPS) is 12.5. The van der Waals surface area contributed by atoms with Crippen LogP contribution < -0.4 is 10.5 Å². The second-order valence-electron chi connectivity index (χ2n) is 2.81. The van der Waals surface area contributed by atoms with Crippen LogP contribution in [0.25, 0.3) is 0 Å². The first-order valence-electron chi connectivity index (χ1n) is 4.11. The van der Waals surface area contributed by atoms with E-state index in [4.69, 9.17) is 20.7 Å². The summed E-state index contributed by atoms with van der Waals surface area (Å²) >= 11 is 0. The molecular formula is C9H12FNO3. The molecule has 78 valence electrons. The zero-order chi connectivity index (χ0) is 10.6. The number of benzene rings is 1. The van der Waals surface area contributed by atoms with E-state index in [0.717, 1.165) is 0 Å². The van der Waals surface area contributed by atoms with Crippen molar-refractivity contribution in [2.45, 2.75) is 6.10 Å². The van der Waals surface area contributed by atoms with Crippen LogP contribution in [0.3, 0.4) is 0 Å². The summed E-state index contributed by atoms with van der Waals surface area (Å²) in [7, 11) is 0. The van der Waals surface area contributed by atoms with E-state index in [1.807, 2.05) is 0 Å². The van der Waals surface area contributed by atoms with Gasteiger partial charge >= 0.3 is 0 Å². The SMILES string of the molecule is Nc1cccc(F)c1OCC(O)CO. The summed E-state index contributed by atoms with van der Waals surface area (Å²) in [6, 6.07) is 4.15. The Morgan fingerprint density at radius 3 is 2.79 bits per heavy atom. The highest BCUT2D eigenvalue weighted by Gasteiger charge is 2.09. The van der Waals surface area contributed by atoms with Crippen molar-refractivity contribution in [3.63, 3.8) is 0 Å². The molecule has 0 saturated carbocycles. The van der Waals surface area contributed by atoms with Gasteiger partial charge in [0.2, 0.25) is 0 Å². The number of aliphatic hydroxyl groups excluding tert-OH is 2. The quantitative estimate of drug-likeness (QED) is 0.606. The highest BCUT2D eigenvalue weighted by atomic mass is 19.1. The second-order valence-corrected chi connectivity index (χ2v) is 2.81. The highest BCUT2D eigenvalue weighted by molar-refractivity contribution is 5.52. The number of halogens is 1. The topological polar surface area (TPSA) is 75.7 Å². The summed E-state index contributed by atoms with van der Waals surface area (Å²) < 4.78 is 18.0. The van der Waals surface area contributed by atoms with Crippen molar-refractivity contribution in [3.05, 3.63) is 24.0 Å². The summed E-state index contributed by atoms with van der Waals surface area (Å²) in [6.07, 6.45) is -1.03. The van der Waals surface area contributed by atoms with E-state index in [9.17, 15) is 4.39 Å². The molecule has 0 heterocycles. The molecule has 0 spiro atoms. The maximum Gasteiger partial charge on any atom is 0.177 e. The van der Waals surface area contributed by atoms with Gasteiger partial charge in [-0.05, 0) is 12.1 Å². The van der Waals surface area contributed by atoms with Crippen molar-refractivity contribution in [1.82, 2.24) is 0 Å². The van der Waals surface area contributed by atoms with Crippen molar-refractivity contribution in [2.24, 2.45) is 0 Å². The fraction of sp³-hybridized carbons (Fsp3) is 0.333. The molecule has 4 nitrogen and oxygen atoms in total. The minimum Gasteiger partial charge on any atom is -0.486 e. The Balaban J connectivity index is 2.66. The van der Waals surface area contributed by atoms with E-state index in [0.29, 0.717) is 0 Å². The number of hydrogen-bond acceptors (Lipinski definition) is 4. The average Bonchev–Trinajstić information content (AvgIpc) is 2.16. The molecule has 1 aromatic rings. The van der Waals surface area contributed by atoms with Gasteiger partial charge in [0.1, 0.15) is 12.7 Å². The van der Waals surface area contributed by atoms with E-state index in [1.54, 1.807) is 0 Å². The lowest BCUT2D eigenvalue weighted by Gasteiger charge is -2.11. The Morgan fingerprint density at radius 1 is 1.50 bits per heavy atom. The van der Waals surface area contributed by atoms with Crippen LogP contribution in [0.2, 0.25) is 0 Å². The van der Waals surface area contributed by atoms with E-state index in [-0.39, 0.29) is 18.0 Å². The van der Waals surface area contributed by atoms with Crippen LogP contribution in [0.1, 0.15) is 0 Å². The fourth-order valence-electron chi connectivity index (χ4n) is 0.910. The lowest BCUT2D eigenvalue weighted by molar-refractivity contribution is 0.0526. The lowest BCUT2D eigenvalue weighted by atomic mass is 10.3. The lowest BCUT2D eigenvalue weighted by Crippen LogP contribution is -2.21. The molecule has 1 unspecified atom stereocenters. The molecule has 0 aliphatic rings. The summed E-state index contributed by atoms with van der Waals surface area (Å²) in [6.45, 7) is -0.629. The molecule has 0 aliphatic heterocycles. The second kappa shape index (κ2) is 4.78. The summed E-state index contributed by atoms with van der Waals surface area (Å²) in [5, 5.41) is 17.5. The van der Waals surface area contributed by atoms with Crippen molar-refractivity contribution in [3.8, 4) is 5.75 Å². The highest BCUT2D eigenvalue weighted by Crippen LogP contribution is 2.24. The Bertz CT molecular complexity index is 286. The Kier molecular flexibility index (Phi) is 3.67. The monoisotopic (exact) mass is 201 g/mol. The van der Waals surface area contributed by atoms with Gasteiger partial charge in [0.05, 0.1) is 12.3 Å². The van der Waals surface area contributed by atoms with E-state index < -0.39 is 18.5 Å². The molecule has 0 saturated heterocycles. The van der Waals surface area contributed by atoms with Gasteiger partial charge in [-0.1, -0.05) is 6.07 Å². The van der Waals surface area contributed by atoms with Crippen LogP contribution in [-0.4, -0.2) is 29.5 Å². The predicted octanol–water partition coefficient (Wildman–Crippen LogP) is 0.140. The average molecular weight is 201 g/mol. The van der Waals surface area contributed by atoms with Gasteiger partial charge in [0.25, 0.3) is 0 Å². The van der Waals surface area contributed by atoms with E-state index in [1.165, 1.54) is 18.2 Å². The predicted molar refractivity (Wildman–Crippen MR) is 49.4 cm³/mol. The van der Waals surface area contributed by atoms with Crippen molar-refractivity contribution >= 4 is 5.69 Å². The van der Waals surface area contributed by atoms with Crippen LogP contribution in [0.4, 0.5) is 10.1 Å². The smallest absolute Gasteiger partial charge is 0.177 e. The number of nitrogen functional groups attached to an aromatic ring is 1. The zero-order valence-corrected chi connectivity index (χ0v) is 7.48. The third-order valence-corrected chi connectivity index (χ3v) is 1.63. The van der Waals surface area contributed by atoms with Gasteiger partial charge in [0.15, 0.2) is 11.6 Å². The number of anilines is 1. The molecular weight excluding hydrogens is 189 g/mol. The molecule has 0 radical (unpaired) electrons. The first kappa shape index (κ1) is 10.7. The molecule has 0 bridgehead atoms. The summed E-state index contributed by atoms with van der Waals surface area (Å²) in [5.41, 5.74) is 5.60. The zero-order valence-electron chi connectivity index (χ0n) is 7.48. The van der Waals surface area contributed by atoms with Gasteiger partial charge in [-0.25, -0.2) is 4.39 Å². The largest absolute Gasteiger partial charge is 0.486 e. The molecule has 1 aromatic carbocycles. The molecule has 0 amide bonds. The molecule has 14 heavy (non-hydrogen) atoms. The van der Waals surface area contributed by atoms with Gasteiger partial charge in [-0.15, -0.1) is 0 Å². The van der Waals surface area contributed by atoms with Crippen LogP contribution in [0.5, 0.6) is 5.75 Å². The van der Waals surface area contributed by atoms with Crippen molar-refractivity contribution in [2.75, 3.05) is 18.9 Å². The molecule has 0 aliphatic carbocycles. The van der Waals surface area contributed by atoms with Crippen molar-refractivity contribution < 1.29 is 19.3 Å². The minimum absolute atomic E-state index is 0.0972. The third-order valence-electron chi connectivity index (χ3n) is 1.63. The maximum absolute atomic E-state index is 13.1. The number of nitrogens with two attached hydrogens (primary N) is 1. The summed E-state index contributed by atoms with van der Waals surface area (Å²) in [4.78, 5) is 0. The van der Waals surface area contributed by atoms with E-state index in [2.05, 4.69) is 0 Å². The molecule has 5 heteroatoms. The van der Waals surface area contributed by atoms with Crippen LogP contribution in [0.15, 0.2) is 18.2 Å². The molecule has 1 rings (SSSR count). The van der Waals surface area contributed by atoms with E-state index >= 15 is 0 Å². The Labute approximate surface area is 80.7 Å². The third kappa shape index (κ3) is 2.58. The standard InChI is InChI=1S/C9H12FNO3/c10-7-2-1-3-8(11)9(7)14-5-6(13)4-12/h1-3,6,12-13H,4-5,11H2. The van der Waals surface area contributed by atoms with Gasteiger partial charge in [-0.2, -0.15) is 0 Å². The molecule has 0 fully saturated rings. The Morgan fingerprint density at radius 2 is 2.21 bits per heavy atom. The summed E-state index contributed by atoms with van der Waals surface area (Å²) in [5.74, 6) is -0.685. The first-order chi connectivity index (χ1) is 6.65. The van der Waals surface area contributed by atoms with Crippen LogP contribution in [0, 0.1) is 5.82 Å². The molecule has 0 aromatic heterocycles. The van der Waals surface area contributed by atoms with Gasteiger partial charge in [-0.3, -0.25) is 0 Å². The maximum atomic E-state index is 13.1. The van der Waals surface area contributed by atoms with Gasteiger partial charge in [0, 0.05) is 0 Å². The van der Waals surface area contributed by atoms with Crippen molar-refractivity contribution in [1.29, 1.82) is 0 Å². The minimum atomic E-state index is -1.03.